The molecule has 0 bridgehead atoms. The van der Waals surface area contributed by atoms with Crippen LogP contribution >= 0.6 is 0 Å². The summed E-state index contributed by atoms with van der Waals surface area (Å²) in [5, 5.41) is 6.73. The Morgan fingerprint density at radius 1 is 1.19 bits per heavy atom. The smallest absolute Gasteiger partial charge is 0.243 e. The van der Waals surface area contributed by atoms with Crippen molar-refractivity contribution in [3.63, 3.8) is 0 Å². The number of hydrogen-bond acceptors (Lipinski definition) is 6. The van der Waals surface area contributed by atoms with E-state index in [4.69, 9.17) is 4.52 Å². The highest BCUT2D eigenvalue weighted by atomic mass is 32.2. The number of carbonyl (C=O) groups is 1. The molecule has 9 heteroatoms. The Labute approximate surface area is 181 Å². The van der Waals surface area contributed by atoms with Gasteiger partial charge in [0.2, 0.25) is 27.6 Å². The number of amides is 1. The minimum atomic E-state index is -3.67. The highest BCUT2D eigenvalue weighted by Crippen LogP contribution is 2.31. The Morgan fingerprint density at radius 3 is 2.68 bits per heavy atom. The van der Waals surface area contributed by atoms with Gasteiger partial charge in [0.1, 0.15) is 0 Å². The van der Waals surface area contributed by atoms with Crippen molar-refractivity contribution >= 4 is 21.6 Å². The molecule has 1 aromatic heterocycles. The van der Waals surface area contributed by atoms with Crippen LogP contribution < -0.4 is 5.32 Å². The number of hydrogen-bond donors (Lipinski definition) is 1. The highest BCUT2D eigenvalue weighted by Gasteiger charge is 2.33. The Hall–Kier alpha value is -3.04. The summed E-state index contributed by atoms with van der Waals surface area (Å²) in [6, 6.07) is 14.0. The predicted octanol–water partition coefficient (Wildman–Crippen LogP) is 3.57. The van der Waals surface area contributed by atoms with Gasteiger partial charge in [0.25, 0.3) is 0 Å². The lowest BCUT2D eigenvalue weighted by Crippen LogP contribution is -2.39. The van der Waals surface area contributed by atoms with E-state index in [1.165, 1.54) is 23.4 Å². The average molecular weight is 441 g/mol. The lowest BCUT2D eigenvalue weighted by atomic mass is 10.00. The van der Waals surface area contributed by atoms with Crippen LogP contribution in [0.25, 0.3) is 11.4 Å². The number of nitrogens with zero attached hydrogens (tertiary/aromatic N) is 3. The minimum Gasteiger partial charge on any atom is -0.339 e. The Balaban J connectivity index is 1.51. The second kappa shape index (κ2) is 8.60. The van der Waals surface area contributed by atoms with Gasteiger partial charge in [0.05, 0.1) is 10.8 Å². The normalized spacial score (nSPS) is 17.4. The molecule has 1 fully saturated rings. The van der Waals surface area contributed by atoms with E-state index in [-0.39, 0.29) is 23.3 Å². The van der Waals surface area contributed by atoms with E-state index in [2.05, 4.69) is 15.5 Å². The monoisotopic (exact) mass is 440 g/mol. The van der Waals surface area contributed by atoms with Crippen molar-refractivity contribution in [2.75, 3.05) is 18.4 Å². The second-order valence-corrected chi connectivity index (χ2v) is 9.67. The summed E-state index contributed by atoms with van der Waals surface area (Å²) in [6.45, 7) is 4.12. The maximum atomic E-state index is 13.1. The van der Waals surface area contributed by atoms with Crippen molar-refractivity contribution in [1.82, 2.24) is 14.4 Å². The molecule has 0 radical (unpaired) electrons. The van der Waals surface area contributed by atoms with Crippen molar-refractivity contribution in [2.45, 2.75) is 37.5 Å². The predicted molar refractivity (Wildman–Crippen MR) is 116 cm³/mol. The molecule has 4 rings (SSSR count). The van der Waals surface area contributed by atoms with Crippen LogP contribution in [0.3, 0.4) is 0 Å². The number of rotatable bonds is 5. The number of aryl methyl sites for hydroxylation is 1. The van der Waals surface area contributed by atoms with Crippen molar-refractivity contribution in [3.05, 3.63) is 60.0 Å². The molecular formula is C22H24N4O4S. The average Bonchev–Trinajstić information content (AvgIpc) is 3.24. The van der Waals surface area contributed by atoms with Crippen LogP contribution in [-0.2, 0) is 14.8 Å². The van der Waals surface area contributed by atoms with Crippen LogP contribution in [0, 0.1) is 6.92 Å². The number of aromatic nitrogens is 2. The first-order chi connectivity index (χ1) is 14.8. The summed E-state index contributed by atoms with van der Waals surface area (Å²) >= 11 is 0. The molecule has 2 aromatic carbocycles. The van der Waals surface area contributed by atoms with E-state index < -0.39 is 10.0 Å². The van der Waals surface area contributed by atoms with Gasteiger partial charge in [0.15, 0.2) is 0 Å². The molecule has 0 saturated carbocycles. The van der Waals surface area contributed by atoms with Crippen LogP contribution in [0.5, 0.6) is 0 Å². The van der Waals surface area contributed by atoms with Crippen LogP contribution in [0.2, 0.25) is 0 Å². The van der Waals surface area contributed by atoms with Gasteiger partial charge in [0, 0.05) is 31.3 Å². The molecule has 1 unspecified atom stereocenters. The number of piperidine rings is 1. The maximum absolute atomic E-state index is 13.1. The zero-order valence-corrected chi connectivity index (χ0v) is 18.2. The van der Waals surface area contributed by atoms with Crippen LogP contribution in [0.4, 0.5) is 5.69 Å². The molecule has 31 heavy (non-hydrogen) atoms. The molecule has 1 amide bonds. The minimum absolute atomic E-state index is 0.159. The molecule has 1 aliphatic heterocycles. The van der Waals surface area contributed by atoms with Gasteiger partial charge in [-0.3, -0.25) is 4.79 Å². The quantitative estimate of drug-likeness (QED) is 0.650. The Bertz CT molecular complexity index is 1190. The first-order valence-electron chi connectivity index (χ1n) is 10.1. The Kier molecular flexibility index (Phi) is 5.88. The van der Waals surface area contributed by atoms with Crippen LogP contribution in [0.1, 0.15) is 37.1 Å². The van der Waals surface area contributed by atoms with E-state index in [1.807, 2.05) is 31.2 Å². The van der Waals surface area contributed by atoms with Crippen LogP contribution in [-0.4, -0.2) is 41.9 Å². The fourth-order valence-corrected chi connectivity index (χ4v) is 5.25. The van der Waals surface area contributed by atoms with Gasteiger partial charge in [-0.25, -0.2) is 8.42 Å². The number of anilines is 1. The van der Waals surface area contributed by atoms with Gasteiger partial charge < -0.3 is 9.84 Å². The molecule has 1 N–H and O–H groups in total. The molecule has 1 atom stereocenters. The fraction of sp³-hybridized carbons (Fsp3) is 0.318. The second-order valence-electron chi connectivity index (χ2n) is 7.73. The third-order valence-electron chi connectivity index (χ3n) is 5.26. The van der Waals surface area contributed by atoms with Gasteiger partial charge in [-0.05, 0) is 50.1 Å². The summed E-state index contributed by atoms with van der Waals surface area (Å²) in [5.74, 6) is 0.594. The molecule has 162 valence electrons. The van der Waals surface area contributed by atoms with E-state index in [0.29, 0.717) is 30.4 Å². The maximum Gasteiger partial charge on any atom is 0.243 e. The van der Waals surface area contributed by atoms with E-state index >= 15 is 0 Å². The van der Waals surface area contributed by atoms with Gasteiger partial charge in [-0.1, -0.05) is 28.9 Å². The number of sulfonamides is 1. The molecule has 1 saturated heterocycles. The fourth-order valence-electron chi connectivity index (χ4n) is 3.73. The van der Waals surface area contributed by atoms with Crippen molar-refractivity contribution in [3.8, 4) is 11.4 Å². The van der Waals surface area contributed by atoms with Crippen LogP contribution in [0.15, 0.2) is 57.9 Å². The number of nitrogens with one attached hydrogen (secondary N) is 1. The van der Waals surface area contributed by atoms with Crippen molar-refractivity contribution in [2.24, 2.45) is 0 Å². The molecule has 0 spiro atoms. The van der Waals surface area contributed by atoms with Gasteiger partial charge in [-0.2, -0.15) is 9.29 Å². The van der Waals surface area contributed by atoms with Crippen molar-refractivity contribution in [1.29, 1.82) is 0 Å². The van der Waals surface area contributed by atoms with Crippen molar-refractivity contribution < 1.29 is 17.7 Å². The number of benzene rings is 2. The summed E-state index contributed by atoms with van der Waals surface area (Å²) in [6.07, 6.45) is 1.49. The third-order valence-corrected chi connectivity index (χ3v) is 7.14. The molecule has 3 aromatic rings. The topological polar surface area (TPSA) is 105 Å². The molecular weight excluding hydrogens is 416 g/mol. The Morgan fingerprint density at radius 2 is 1.97 bits per heavy atom. The lowest BCUT2D eigenvalue weighted by molar-refractivity contribution is -0.114. The summed E-state index contributed by atoms with van der Waals surface area (Å²) < 4.78 is 33.2. The zero-order chi connectivity index (χ0) is 22.0. The summed E-state index contributed by atoms with van der Waals surface area (Å²) in [7, 11) is -3.67. The first-order valence-corrected chi connectivity index (χ1v) is 11.6. The van der Waals surface area contributed by atoms with E-state index in [0.717, 1.165) is 17.5 Å². The molecule has 2 heterocycles. The zero-order valence-electron chi connectivity index (χ0n) is 17.4. The molecule has 0 aliphatic carbocycles. The van der Waals surface area contributed by atoms with Gasteiger partial charge >= 0.3 is 0 Å². The van der Waals surface area contributed by atoms with E-state index in [9.17, 15) is 13.2 Å². The van der Waals surface area contributed by atoms with E-state index in [1.54, 1.807) is 12.1 Å². The molecule has 1 aliphatic rings. The summed E-state index contributed by atoms with van der Waals surface area (Å²) in [4.78, 5) is 15.9. The lowest BCUT2D eigenvalue weighted by Gasteiger charge is -2.30. The van der Waals surface area contributed by atoms with Gasteiger partial charge in [-0.15, -0.1) is 0 Å². The third kappa shape index (κ3) is 4.67. The first kappa shape index (κ1) is 21.2. The SMILES string of the molecule is CC(=O)Nc1ccc(S(=O)(=O)N2CCCC(c3nc(-c4cccc(C)c4)no3)C2)cc1. The highest BCUT2D eigenvalue weighted by molar-refractivity contribution is 7.89. The standard InChI is InChI=1S/C22H24N4O4S/c1-15-5-3-6-17(13-15)21-24-22(30-25-21)18-7-4-12-26(14-18)31(28,29)20-10-8-19(9-11-20)23-16(2)27/h3,5-6,8-11,13,18H,4,7,12,14H2,1-2H3,(H,23,27). The largest absolute Gasteiger partial charge is 0.339 e. The number of carbonyl (C=O) groups excluding carboxylic acids is 1. The molecule has 8 nitrogen and oxygen atoms in total. The summed E-state index contributed by atoms with van der Waals surface area (Å²) in [5.41, 5.74) is 2.52.